The van der Waals surface area contributed by atoms with Gasteiger partial charge in [0.2, 0.25) is 5.91 Å². The second kappa shape index (κ2) is 5.07. The molecule has 4 heteroatoms. The van der Waals surface area contributed by atoms with Crippen molar-refractivity contribution in [3.05, 3.63) is 0 Å². The highest BCUT2D eigenvalue weighted by Gasteiger charge is 2.43. The first kappa shape index (κ1) is 12.4. The number of fused-ring (bicyclic) bond motifs is 2. The Kier molecular flexibility index (Phi) is 3.69. The number of hydrogen-bond acceptors (Lipinski definition) is 3. The lowest BCUT2D eigenvalue weighted by molar-refractivity contribution is -0.147. The summed E-state index contributed by atoms with van der Waals surface area (Å²) in [6.45, 7) is 3.80. The van der Waals surface area contributed by atoms with Crippen LogP contribution in [0.25, 0.3) is 0 Å². The van der Waals surface area contributed by atoms with E-state index in [1.807, 2.05) is 0 Å². The second-order valence-corrected chi connectivity index (χ2v) is 5.26. The van der Waals surface area contributed by atoms with Gasteiger partial charge in [0.05, 0.1) is 6.61 Å². The molecular weight excluding hydrogens is 218 g/mol. The van der Waals surface area contributed by atoms with Gasteiger partial charge in [0.25, 0.3) is 0 Å². The second-order valence-electron chi connectivity index (χ2n) is 5.26. The molecule has 2 aliphatic rings. The van der Waals surface area contributed by atoms with Crippen molar-refractivity contribution < 1.29 is 14.3 Å². The third-order valence-electron chi connectivity index (χ3n) is 4.07. The molecule has 17 heavy (non-hydrogen) atoms. The fraction of sp³-hybridized carbons (Fsp3) is 0.846. The van der Waals surface area contributed by atoms with Gasteiger partial charge < -0.3 is 10.1 Å². The molecule has 4 atom stereocenters. The van der Waals surface area contributed by atoms with E-state index < -0.39 is 6.04 Å². The molecule has 0 heterocycles. The van der Waals surface area contributed by atoms with Gasteiger partial charge in [-0.2, -0.15) is 0 Å². The van der Waals surface area contributed by atoms with Crippen LogP contribution < -0.4 is 5.32 Å². The highest BCUT2D eigenvalue weighted by atomic mass is 16.5. The van der Waals surface area contributed by atoms with Gasteiger partial charge in [-0.25, -0.2) is 4.79 Å². The van der Waals surface area contributed by atoms with Crippen molar-refractivity contribution in [3.63, 3.8) is 0 Å². The van der Waals surface area contributed by atoms with Gasteiger partial charge in [0, 0.05) is 5.92 Å². The minimum absolute atomic E-state index is 0.0396. The maximum absolute atomic E-state index is 12.0. The van der Waals surface area contributed by atoms with Crippen LogP contribution in [0.15, 0.2) is 0 Å². The zero-order chi connectivity index (χ0) is 12.4. The van der Waals surface area contributed by atoms with E-state index >= 15 is 0 Å². The van der Waals surface area contributed by atoms with Crippen molar-refractivity contribution in [1.29, 1.82) is 0 Å². The van der Waals surface area contributed by atoms with Crippen LogP contribution in [0.4, 0.5) is 0 Å². The van der Waals surface area contributed by atoms with Crippen LogP contribution in [-0.4, -0.2) is 24.5 Å². The van der Waals surface area contributed by atoms with E-state index in [1.165, 1.54) is 19.3 Å². The lowest BCUT2D eigenvalue weighted by atomic mass is 9.88. The van der Waals surface area contributed by atoms with Gasteiger partial charge in [0.15, 0.2) is 0 Å². The highest BCUT2D eigenvalue weighted by Crippen LogP contribution is 2.48. The van der Waals surface area contributed by atoms with Crippen LogP contribution in [0.5, 0.6) is 0 Å². The van der Waals surface area contributed by atoms with Crippen LogP contribution >= 0.6 is 0 Å². The van der Waals surface area contributed by atoms with E-state index in [0.29, 0.717) is 12.5 Å². The van der Waals surface area contributed by atoms with Crippen molar-refractivity contribution in [2.24, 2.45) is 17.8 Å². The molecule has 0 aromatic rings. The maximum Gasteiger partial charge on any atom is 0.328 e. The van der Waals surface area contributed by atoms with E-state index in [1.54, 1.807) is 13.8 Å². The molecule has 1 amide bonds. The number of esters is 1. The molecule has 0 radical (unpaired) electrons. The Morgan fingerprint density at radius 3 is 2.65 bits per heavy atom. The van der Waals surface area contributed by atoms with E-state index in [-0.39, 0.29) is 17.8 Å². The van der Waals surface area contributed by atoms with Crippen molar-refractivity contribution >= 4 is 11.9 Å². The average Bonchev–Trinajstić information content (AvgIpc) is 2.90. The van der Waals surface area contributed by atoms with Crippen LogP contribution in [-0.2, 0) is 14.3 Å². The van der Waals surface area contributed by atoms with E-state index in [9.17, 15) is 9.59 Å². The Balaban J connectivity index is 1.83. The first-order valence-electron chi connectivity index (χ1n) is 6.58. The van der Waals surface area contributed by atoms with Crippen molar-refractivity contribution in [3.8, 4) is 0 Å². The summed E-state index contributed by atoms with van der Waals surface area (Å²) in [6, 6.07) is -0.526. The number of carbonyl (C=O) groups is 2. The molecule has 0 aliphatic heterocycles. The SMILES string of the molecule is CCOC(=O)C(C)NC(=O)C1CC2CCC1C2. The summed E-state index contributed by atoms with van der Waals surface area (Å²) in [5, 5.41) is 2.78. The summed E-state index contributed by atoms with van der Waals surface area (Å²) in [5.41, 5.74) is 0. The largest absolute Gasteiger partial charge is 0.464 e. The summed E-state index contributed by atoms with van der Waals surface area (Å²) < 4.78 is 4.88. The Labute approximate surface area is 102 Å². The number of hydrogen-bond donors (Lipinski definition) is 1. The zero-order valence-corrected chi connectivity index (χ0v) is 10.6. The standard InChI is InChI=1S/C13H21NO3/c1-3-17-13(16)8(2)14-12(15)11-7-9-4-5-10(11)6-9/h8-11H,3-7H2,1-2H3,(H,14,15). The van der Waals surface area contributed by atoms with Gasteiger partial charge in [-0.1, -0.05) is 6.42 Å². The van der Waals surface area contributed by atoms with E-state index in [4.69, 9.17) is 4.74 Å². The normalized spacial score (nSPS) is 32.2. The van der Waals surface area contributed by atoms with Crippen LogP contribution in [0.1, 0.15) is 39.5 Å². The van der Waals surface area contributed by atoms with Gasteiger partial charge in [-0.05, 0) is 44.9 Å². The molecule has 4 unspecified atom stereocenters. The zero-order valence-electron chi connectivity index (χ0n) is 10.6. The van der Waals surface area contributed by atoms with Gasteiger partial charge in [-0.15, -0.1) is 0 Å². The lowest BCUT2D eigenvalue weighted by Gasteiger charge is -2.22. The molecule has 2 rings (SSSR count). The minimum Gasteiger partial charge on any atom is -0.464 e. The quantitative estimate of drug-likeness (QED) is 0.756. The molecule has 96 valence electrons. The molecule has 0 spiro atoms. The van der Waals surface area contributed by atoms with E-state index in [0.717, 1.165) is 12.3 Å². The fourth-order valence-corrected chi connectivity index (χ4v) is 3.21. The monoisotopic (exact) mass is 239 g/mol. The van der Waals surface area contributed by atoms with Crippen molar-refractivity contribution in [2.45, 2.75) is 45.6 Å². The third kappa shape index (κ3) is 2.61. The summed E-state index contributed by atoms with van der Waals surface area (Å²) >= 11 is 0. The lowest BCUT2D eigenvalue weighted by Crippen LogP contribution is -2.43. The number of rotatable bonds is 4. The molecule has 0 aromatic heterocycles. The predicted molar refractivity (Wildman–Crippen MR) is 63.2 cm³/mol. The summed E-state index contributed by atoms with van der Waals surface area (Å²) in [4.78, 5) is 23.5. The van der Waals surface area contributed by atoms with Crippen LogP contribution in [0, 0.1) is 17.8 Å². The molecule has 0 aromatic carbocycles. The number of nitrogens with one attached hydrogen (secondary N) is 1. The number of ether oxygens (including phenoxy) is 1. The first-order chi connectivity index (χ1) is 8.11. The van der Waals surface area contributed by atoms with Crippen molar-refractivity contribution in [2.75, 3.05) is 6.61 Å². The summed E-state index contributed by atoms with van der Waals surface area (Å²) in [7, 11) is 0. The topological polar surface area (TPSA) is 55.4 Å². The van der Waals surface area contributed by atoms with Crippen LogP contribution in [0.3, 0.4) is 0 Å². The number of carbonyl (C=O) groups excluding carboxylic acids is 2. The van der Waals surface area contributed by atoms with Gasteiger partial charge in [0.1, 0.15) is 6.04 Å². The molecule has 4 nitrogen and oxygen atoms in total. The Morgan fingerprint density at radius 1 is 1.35 bits per heavy atom. The summed E-state index contributed by atoms with van der Waals surface area (Å²) in [5.74, 6) is 1.12. The first-order valence-corrected chi connectivity index (χ1v) is 6.58. The Hall–Kier alpha value is -1.06. The minimum atomic E-state index is -0.526. The summed E-state index contributed by atoms with van der Waals surface area (Å²) in [6.07, 6.45) is 4.66. The molecule has 0 saturated heterocycles. The molecular formula is C13H21NO3. The fourth-order valence-electron chi connectivity index (χ4n) is 3.21. The molecule has 1 N–H and O–H groups in total. The Bertz CT molecular complexity index is 316. The maximum atomic E-state index is 12.0. The molecule has 2 bridgehead atoms. The third-order valence-corrected chi connectivity index (χ3v) is 4.07. The van der Waals surface area contributed by atoms with Gasteiger partial charge in [-0.3, -0.25) is 4.79 Å². The highest BCUT2D eigenvalue weighted by molar-refractivity contribution is 5.85. The molecule has 2 saturated carbocycles. The average molecular weight is 239 g/mol. The van der Waals surface area contributed by atoms with Crippen molar-refractivity contribution in [1.82, 2.24) is 5.32 Å². The predicted octanol–water partition coefficient (Wildman–Crippen LogP) is 1.49. The molecule has 2 aliphatic carbocycles. The Morgan fingerprint density at radius 2 is 2.12 bits per heavy atom. The smallest absolute Gasteiger partial charge is 0.328 e. The number of amides is 1. The van der Waals surface area contributed by atoms with Gasteiger partial charge >= 0.3 is 5.97 Å². The van der Waals surface area contributed by atoms with E-state index in [2.05, 4.69) is 5.32 Å². The van der Waals surface area contributed by atoms with Crippen LogP contribution in [0.2, 0.25) is 0 Å². The molecule has 2 fully saturated rings.